The summed E-state index contributed by atoms with van der Waals surface area (Å²) in [7, 11) is 0. The number of aromatic nitrogens is 2. The molecule has 0 spiro atoms. The predicted molar refractivity (Wildman–Crippen MR) is 86.1 cm³/mol. The van der Waals surface area contributed by atoms with Gasteiger partial charge in [-0.3, -0.25) is 14.9 Å². The average molecular weight is 318 g/mol. The van der Waals surface area contributed by atoms with E-state index < -0.39 is 0 Å². The van der Waals surface area contributed by atoms with Crippen LogP contribution in [0.25, 0.3) is 0 Å². The summed E-state index contributed by atoms with van der Waals surface area (Å²) in [6.45, 7) is 5.85. The van der Waals surface area contributed by atoms with E-state index in [4.69, 9.17) is 0 Å². The maximum absolute atomic E-state index is 11.9. The topological polar surface area (TPSA) is 84.0 Å². The quantitative estimate of drug-likeness (QED) is 0.886. The first-order valence-electron chi connectivity index (χ1n) is 6.94. The second kappa shape index (κ2) is 7.13. The normalized spacial score (nSPS) is 10.5. The molecule has 0 radical (unpaired) electrons. The van der Waals surface area contributed by atoms with Crippen molar-refractivity contribution in [2.45, 2.75) is 26.7 Å². The number of amides is 2. The molecule has 7 heteroatoms. The Hall–Kier alpha value is -2.28. The minimum Gasteiger partial charge on any atom is -0.343 e. The molecular weight excluding hydrogens is 300 g/mol. The summed E-state index contributed by atoms with van der Waals surface area (Å²) in [5, 5.41) is 14.4. The van der Waals surface area contributed by atoms with E-state index in [0.29, 0.717) is 10.7 Å². The molecule has 0 aliphatic rings. The smallest absolute Gasteiger partial charge is 0.251 e. The lowest BCUT2D eigenvalue weighted by atomic mass is 10.1. The summed E-state index contributed by atoms with van der Waals surface area (Å²) in [4.78, 5) is 23.7. The lowest BCUT2D eigenvalue weighted by Gasteiger charge is -2.05. The van der Waals surface area contributed by atoms with E-state index in [0.717, 1.165) is 10.6 Å². The third kappa shape index (κ3) is 4.36. The van der Waals surface area contributed by atoms with Gasteiger partial charge in [-0.05, 0) is 19.1 Å². The Kier molecular flexibility index (Phi) is 5.21. The third-order valence-electron chi connectivity index (χ3n) is 2.90. The minimum absolute atomic E-state index is 0.108. The number of nitrogens with one attached hydrogen (secondary N) is 2. The molecule has 116 valence electrons. The van der Waals surface area contributed by atoms with Gasteiger partial charge in [-0.15, -0.1) is 10.2 Å². The van der Waals surface area contributed by atoms with E-state index in [1.807, 2.05) is 32.9 Å². The number of hydrogen-bond donors (Lipinski definition) is 2. The van der Waals surface area contributed by atoms with E-state index >= 15 is 0 Å². The predicted octanol–water partition coefficient (Wildman–Crippen LogP) is 2.34. The number of hydrogen-bond acceptors (Lipinski definition) is 5. The van der Waals surface area contributed by atoms with Crippen molar-refractivity contribution in [2.75, 3.05) is 11.9 Å². The maximum atomic E-state index is 11.9. The van der Waals surface area contributed by atoms with Crippen LogP contribution in [0.15, 0.2) is 24.3 Å². The maximum Gasteiger partial charge on any atom is 0.251 e. The zero-order valence-electron chi connectivity index (χ0n) is 12.7. The number of carbonyl (C=O) groups excluding carboxylic acids is 2. The minimum atomic E-state index is -0.327. The van der Waals surface area contributed by atoms with Crippen LogP contribution in [0, 0.1) is 6.92 Å². The second-order valence-corrected chi connectivity index (χ2v) is 6.21. The van der Waals surface area contributed by atoms with E-state index in [2.05, 4.69) is 20.8 Å². The lowest BCUT2D eigenvalue weighted by molar-refractivity contribution is -0.115. The molecule has 1 heterocycles. The Bertz CT molecular complexity index is 664. The molecule has 0 unspecified atom stereocenters. The zero-order chi connectivity index (χ0) is 16.1. The van der Waals surface area contributed by atoms with Crippen LogP contribution in [-0.4, -0.2) is 28.6 Å². The summed E-state index contributed by atoms with van der Waals surface area (Å²) in [5.74, 6) is -0.341. The Labute approximate surface area is 133 Å². The highest BCUT2D eigenvalue weighted by molar-refractivity contribution is 7.15. The van der Waals surface area contributed by atoms with E-state index in [1.54, 1.807) is 12.1 Å². The SMILES string of the molecule is Cc1ccc(C(=O)NCC(=O)Nc2nnc(C(C)C)s2)cc1. The van der Waals surface area contributed by atoms with Gasteiger partial charge in [0.1, 0.15) is 5.01 Å². The Morgan fingerprint density at radius 2 is 1.86 bits per heavy atom. The van der Waals surface area contributed by atoms with Crippen molar-refractivity contribution in [1.82, 2.24) is 15.5 Å². The molecule has 22 heavy (non-hydrogen) atoms. The van der Waals surface area contributed by atoms with Gasteiger partial charge in [0.25, 0.3) is 5.91 Å². The second-order valence-electron chi connectivity index (χ2n) is 5.20. The van der Waals surface area contributed by atoms with Gasteiger partial charge in [-0.1, -0.05) is 42.9 Å². The van der Waals surface area contributed by atoms with E-state index in [1.165, 1.54) is 11.3 Å². The first-order valence-corrected chi connectivity index (χ1v) is 7.75. The standard InChI is InChI=1S/C15H18N4O2S/c1-9(2)14-18-19-15(22-14)17-12(20)8-16-13(21)11-6-4-10(3)5-7-11/h4-7,9H,8H2,1-3H3,(H,16,21)(H,17,19,20). The molecule has 0 saturated carbocycles. The first-order chi connectivity index (χ1) is 10.5. The van der Waals surface area contributed by atoms with Gasteiger partial charge in [0.15, 0.2) is 0 Å². The number of nitrogens with zero attached hydrogens (tertiary/aromatic N) is 2. The summed E-state index contributed by atoms with van der Waals surface area (Å²) < 4.78 is 0. The summed E-state index contributed by atoms with van der Waals surface area (Å²) in [6, 6.07) is 7.15. The third-order valence-corrected chi connectivity index (χ3v) is 4.04. The Morgan fingerprint density at radius 1 is 1.18 bits per heavy atom. The number of rotatable bonds is 5. The first kappa shape index (κ1) is 16.1. The van der Waals surface area contributed by atoms with Crippen molar-refractivity contribution in [1.29, 1.82) is 0 Å². The van der Waals surface area contributed by atoms with Crippen LogP contribution in [-0.2, 0) is 4.79 Å². The van der Waals surface area contributed by atoms with Crippen LogP contribution in [0.5, 0.6) is 0 Å². The monoisotopic (exact) mass is 318 g/mol. The number of aryl methyl sites for hydroxylation is 1. The fourth-order valence-corrected chi connectivity index (χ4v) is 2.41. The van der Waals surface area contributed by atoms with E-state index in [9.17, 15) is 9.59 Å². The molecule has 0 fully saturated rings. The number of anilines is 1. The number of carbonyl (C=O) groups is 2. The molecule has 2 aromatic rings. The molecule has 1 aromatic heterocycles. The largest absolute Gasteiger partial charge is 0.343 e. The highest BCUT2D eigenvalue weighted by atomic mass is 32.1. The highest BCUT2D eigenvalue weighted by Crippen LogP contribution is 2.22. The van der Waals surface area contributed by atoms with Gasteiger partial charge in [-0.2, -0.15) is 0 Å². The van der Waals surface area contributed by atoms with Gasteiger partial charge in [-0.25, -0.2) is 0 Å². The molecule has 0 aliphatic carbocycles. The molecule has 2 N–H and O–H groups in total. The molecular formula is C15H18N4O2S. The van der Waals surface area contributed by atoms with Crippen molar-refractivity contribution in [3.8, 4) is 0 Å². The van der Waals surface area contributed by atoms with Crippen LogP contribution in [0.2, 0.25) is 0 Å². The molecule has 0 bridgehead atoms. The molecule has 2 amide bonds. The van der Waals surface area contributed by atoms with Crippen molar-refractivity contribution in [2.24, 2.45) is 0 Å². The Morgan fingerprint density at radius 3 is 2.45 bits per heavy atom. The summed E-state index contributed by atoms with van der Waals surface area (Å²) in [6.07, 6.45) is 0. The molecule has 0 aliphatic heterocycles. The highest BCUT2D eigenvalue weighted by Gasteiger charge is 2.12. The van der Waals surface area contributed by atoms with Gasteiger partial charge < -0.3 is 5.32 Å². The van der Waals surface area contributed by atoms with E-state index in [-0.39, 0.29) is 24.3 Å². The molecule has 1 aromatic carbocycles. The summed E-state index contributed by atoms with van der Waals surface area (Å²) >= 11 is 1.33. The van der Waals surface area contributed by atoms with Gasteiger partial charge >= 0.3 is 0 Å². The number of benzene rings is 1. The van der Waals surface area contributed by atoms with Crippen molar-refractivity contribution in [3.05, 3.63) is 40.4 Å². The average Bonchev–Trinajstić information content (AvgIpc) is 2.94. The zero-order valence-corrected chi connectivity index (χ0v) is 13.5. The molecule has 0 atom stereocenters. The van der Waals surface area contributed by atoms with Gasteiger partial charge in [0, 0.05) is 11.5 Å². The van der Waals surface area contributed by atoms with Crippen LogP contribution in [0.4, 0.5) is 5.13 Å². The van der Waals surface area contributed by atoms with Crippen LogP contribution < -0.4 is 10.6 Å². The van der Waals surface area contributed by atoms with Gasteiger partial charge in [0.2, 0.25) is 11.0 Å². The fourth-order valence-electron chi connectivity index (χ4n) is 1.65. The van der Waals surface area contributed by atoms with Crippen molar-refractivity contribution < 1.29 is 9.59 Å². The van der Waals surface area contributed by atoms with Gasteiger partial charge in [0.05, 0.1) is 6.54 Å². The van der Waals surface area contributed by atoms with Crippen LogP contribution in [0.3, 0.4) is 0 Å². The van der Waals surface area contributed by atoms with Crippen molar-refractivity contribution >= 4 is 28.3 Å². The Balaban J connectivity index is 1.84. The fraction of sp³-hybridized carbons (Fsp3) is 0.333. The van der Waals surface area contributed by atoms with Crippen molar-refractivity contribution in [3.63, 3.8) is 0 Å². The lowest BCUT2D eigenvalue weighted by Crippen LogP contribution is -2.32. The van der Waals surface area contributed by atoms with Crippen LogP contribution in [0.1, 0.15) is 40.7 Å². The summed E-state index contributed by atoms with van der Waals surface area (Å²) in [5.41, 5.74) is 1.60. The van der Waals surface area contributed by atoms with Crippen LogP contribution >= 0.6 is 11.3 Å². The molecule has 6 nitrogen and oxygen atoms in total. The molecule has 0 saturated heterocycles. The molecule has 2 rings (SSSR count).